The van der Waals surface area contributed by atoms with Crippen LogP contribution in [0, 0.1) is 12.3 Å². The van der Waals surface area contributed by atoms with Gasteiger partial charge in [0.15, 0.2) is 0 Å². The number of carbonyl (C=O) groups excluding carboxylic acids is 1. The number of aliphatic hydroxyl groups is 1. The highest BCUT2D eigenvalue weighted by atomic mass is 16.3. The molecule has 1 aromatic carbocycles. The van der Waals surface area contributed by atoms with Gasteiger partial charge in [0.05, 0.1) is 0 Å². The van der Waals surface area contributed by atoms with Crippen molar-refractivity contribution < 1.29 is 9.90 Å². The molecular weight excluding hydrogens is 290 g/mol. The Balaban J connectivity index is 2.65. The number of aliphatic hydroxyl groups excluding tert-OH is 1. The van der Waals surface area contributed by atoms with Gasteiger partial charge in [0.1, 0.15) is 0 Å². The van der Waals surface area contributed by atoms with Gasteiger partial charge in [-0.15, -0.1) is 0 Å². The number of aryl methyl sites for hydroxylation is 1. The van der Waals surface area contributed by atoms with Gasteiger partial charge in [-0.25, -0.2) is 4.79 Å². The normalized spacial score (nSPS) is 11.2. The molecule has 0 unspecified atom stereocenters. The lowest BCUT2D eigenvalue weighted by atomic mass is 9.79. The van der Waals surface area contributed by atoms with Gasteiger partial charge < -0.3 is 20.6 Å². The molecule has 0 fully saturated rings. The van der Waals surface area contributed by atoms with Gasteiger partial charge >= 0.3 is 6.03 Å². The van der Waals surface area contributed by atoms with E-state index in [1.165, 1.54) is 0 Å². The lowest BCUT2D eigenvalue weighted by Gasteiger charge is -2.31. The van der Waals surface area contributed by atoms with E-state index in [0.29, 0.717) is 13.0 Å². The molecule has 1 rings (SSSR count). The molecule has 0 aromatic heterocycles. The Labute approximate surface area is 140 Å². The van der Waals surface area contributed by atoms with Crippen molar-refractivity contribution in [2.75, 3.05) is 37.5 Å². The first-order chi connectivity index (χ1) is 10.9. The Morgan fingerprint density at radius 2 is 1.91 bits per heavy atom. The fraction of sp³-hybridized carbons (Fsp3) is 0.611. The highest BCUT2D eigenvalue weighted by molar-refractivity contribution is 5.89. The second kappa shape index (κ2) is 8.77. The molecule has 3 N–H and O–H groups in total. The molecule has 130 valence electrons. The van der Waals surface area contributed by atoms with Crippen molar-refractivity contribution in [2.45, 2.75) is 40.0 Å². The van der Waals surface area contributed by atoms with Crippen molar-refractivity contribution in [1.82, 2.24) is 5.32 Å². The largest absolute Gasteiger partial charge is 0.396 e. The smallest absolute Gasteiger partial charge is 0.319 e. The summed E-state index contributed by atoms with van der Waals surface area (Å²) in [4.78, 5) is 14.2. The van der Waals surface area contributed by atoms with E-state index in [9.17, 15) is 9.90 Å². The third-order valence-corrected chi connectivity index (χ3v) is 4.70. The molecule has 0 aliphatic heterocycles. The number of nitrogens with zero attached hydrogens (tertiary/aromatic N) is 1. The quantitative estimate of drug-likeness (QED) is 0.688. The molecule has 0 aliphatic rings. The van der Waals surface area contributed by atoms with Crippen LogP contribution < -0.4 is 15.5 Å². The monoisotopic (exact) mass is 321 g/mol. The Morgan fingerprint density at radius 3 is 2.39 bits per heavy atom. The van der Waals surface area contributed by atoms with Gasteiger partial charge in [-0.05, 0) is 55.4 Å². The van der Waals surface area contributed by atoms with Crippen LogP contribution >= 0.6 is 0 Å². The van der Waals surface area contributed by atoms with Crippen LogP contribution in [0.4, 0.5) is 16.2 Å². The van der Waals surface area contributed by atoms with Crippen molar-refractivity contribution in [1.29, 1.82) is 0 Å². The summed E-state index contributed by atoms with van der Waals surface area (Å²) in [5.41, 5.74) is 3.00. The van der Waals surface area contributed by atoms with Gasteiger partial charge in [-0.1, -0.05) is 13.8 Å². The maximum atomic E-state index is 12.1. The van der Waals surface area contributed by atoms with Crippen molar-refractivity contribution in [2.24, 2.45) is 5.41 Å². The molecule has 23 heavy (non-hydrogen) atoms. The molecule has 0 bridgehead atoms. The molecule has 0 radical (unpaired) electrons. The van der Waals surface area contributed by atoms with Crippen LogP contribution in [-0.4, -0.2) is 38.4 Å². The summed E-state index contributed by atoms with van der Waals surface area (Å²) < 4.78 is 0. The van der Waals surface area contributed by atoms with Crippen molar-refractivity contribution >= 4 is 17.4 Å². The molecular formula is C18H31N3O2. The van der Waals surface area contributed by atoms with Crippen LogP contribution in [0.2, 0.25) is 0 Å². The van der Waals surface area contributed by atoms with Crippen LogP contribution in [0.1, 0.15) is 38.7 Å². The number of nitrogens with one attached hydrogen (secondary N) is 2. The van der Waals surface area contributed by atoms with E-state index in [4.69, 9.17) is 0 Å². The molecule has 5 nitrogen and oxygen atoms in total. The number of rotatable bonds is 8. The Hall–Kier alpha value is -1.75. The Bertz CT molecular complexity index is 511. The number of carbonyl (C=O) groups is 1. The summed E-state index contributed by atoms with van der Waals surface area (Å²) >= 11 is 0. The molecule has 1 aromatic rings. The van der Waals surface area contributed by atoms with E-state index in [2.05, 4.69) is 24.5 Å². The molecule has 0 saturated heterocycles. The second-order valence-electron chi connectivity index (χ2n) is 6.38. The van der Waals surface area contributed by atoms with E-state index in [1.54, 1.807) is 0 Å². The number of amides is 2. The van der Waals surface area contributed by atoms with Crippen LogP contribution in [0.25, 0.3) is 0 Å². The SMILES string of the molecule is CCC(CC)(CCO)CNC(=O)Nc1ccc(N(C)C)c(C)c1. The maximum Gasteiger partial charge on any atom is 0.319 e. The fourth-order valence-corrected chi connectivity index (χ4v) is 2.86. The summed E-state index contributed by atoms with van der Waals surface area (Å²) in [5.74, 6) is 0. The third kappa shape index (κ3) is 5.43. The van der Waals surface area contributed by atoms with Gasteiger partial charge in [0, 0.05) is 38.6 Å². The minimum atomic E-state index is -0.203. The zero-order chi connectivity index (χ0) is 17.5. The number of urea groups is 1. The van der Waals surface area contributed by atoms with Crippen LogP contribution in [0.15, 0.2) is 18.2 Å². The molecule has 0 atom stereocenters. The zero-order valence-corrected chi connectivity index (χ0v) is 15.1. The van der Waals surface area contributed by atoms with Gasteiger partial charge in [0.25, 0.3) is 0 Å². The summed E-state index contributed by atoms with van der Waals surface area (Å²) in [6.45, 7) is 6.94. The number of anilines is 2. The van der Waals surface area contributed by atoms with Crippen molar-refractivity contribution in [3.8, 4) is 0 Å². The number of benzene rings is 1. The topological polar surface area (TPSA) is 64.6 Å². The average molecular weight is 321 g/mol. The predicted molar refractivity (Wildman–Crippen MR) is 97.2 cm³/mol. The second-order valence-corrected chi connectivity index (χ2v) is 6.38. The highest BCUT2D eigenvalue weighted by Gasteiger charge is 2.26. The summed E-state index contributed by atoms with van der Waals surface area (Å²) in [5, 5.41) is 15.1. The molecule has 0 aliphatic carbocycles. The molecule has 0 heterocycles. The van der Waals surface area contributed by atoms with E-state index < -0.39 is 0 Å². The fourth-order valence-electron chi connectivity index (χ4n) is 2.86. The highest BCUT2D eigenvalue weighted by Crippen LogP contribution is 2.29. The molecule has 2 amide bonds. The van der Waals surface area contributed by atoms with E-state index in [0.717, 1.165) is 29.8 Å². The Morgan fingerprint density at radius 1 is 1.26 bits per heavy atom. The molecule has 0 spiro atoms. The number of hydrogen-bond donors (Lipinski definition) is 3. The molecule has 5 heteroatoms. The summed E-state index contributed by atoms with van der Waals surface area (Å²) in [6, 6.07) is 5.67. The number of hydrogen-bond acceptors (Lipinski definition) is 3. The summed E-state index contributed by atoms with van der Waals surface area (Å²) in [7, 11) is 4.00. The average Bonchev–Trinajstić information content (AvgIpc) is 2.51. The first-order valence-corrected chi connectivity index (χ1v) is 8.31. The minimum Gasteiger partial charge on any atom is -0.396 e. The van der Waals surface area contributed by atoms with Gasteiger partial charge in [0.2, 0.25) is 0 Å². The lowest BCUT2D eigenvalue weighted by Crippen LogP contribution is -2.39. The first-order valence-electron chi connectivity index (χ1n) is 8.31. The van der Waals surface area contributed by atoms with E-state index in [-0.39, 0.29) is 18.1 Å². The van der Waals surface area contributed by atoms with Crippen molar-refractivity contribution in [3.05, 3.63) is 23.8 Å². The van der Waals surface area contributed by atoms with Crippen LogP contribution in [0.5, 0.6) is 0 Å². The molecule has 0 saturated carbocycles. The predicted octanol–water partition coefficient (Wildman–Crippen LogP) is 3.37. The van der Waals surface area contributed by atoms with Crippen molar-refractivity contribution in [3.63, 3.8) is 0 Å². The zero-order valence-electron chi connectivity index (χ0n) is 15.1. The van der Waals surface area contributed by atoms with E-state index in [1.807, 2.05) is 44.1 Å². The van der Waals surface area contributed by atoms with Gasteiger partial charge in [-0.2, -0.15) is 0 Å². The standard InChI is InChI=1S/C18H31N3O2/c1-6-18(7-2,10-11-22)13-19-17(23)20-15-8-9-16(21(4)5)14(3)12-15/h8-9,12,22H,6-7,10-11,13H2,1-5H3,(H2,19,20,23). The minimum absolute atomic E-state index is 0.0310. The lowest BCUT2D eigenvalue weighted by molar-refractivity contribution is 0.165. The van der Waals surface area contributed by atoms with Crippen LogP contribution in [-0.2, 0) is 0 Å². The third-order valence-electron chi connectivity index (χ3n) is 4.70. The first kappa shape index (κ1) is 19.3. The van der Waals surface area contributed by atoms with Crippen LogP contribution in [0.3, 0.4) is 0 Å². The maximum absolute atomic E-state index is 12.1. The van der Waals surface area contributed by atoms with Gasteiger partial charge in [-0.3, -0.25) is 0 Å². The Kier molecular flexibility index (Phi) is 7.36. The summed E-state index contributed by atoms with van der Waals surface area (Å²) in [6.07, 6.45) is 2.57. The van der Waals surface area contributed by atoms with E-state index >= 15 is 0 Å².